The van der Waals surface area contributed by atoms with Crippen LogP contribution in [0.25, 0.3) is 21.9 Å². The summed E-state index contributed by atoms with van der Waals surface area (Å²) in [6, 6.07) is 10.2. The number of hydrogen-bond donors (Lipinski definition) is 1. The van der Waals surface area contributed by atoms with E-state index in [1.807, 2.05) is 23.7 Å². The standard InChI is InChI=1S/C19H16FN7S/c1-12-25-26-11-13(23-19(26)28-12)6-8-21-18-10-16(14-4-2-3-5-15(14)20)24-17-7-9-22-27(17)18/h2-5,7,9-11,21H,6,8H2,1H3. The number of halogens is 1. The third kappa shape index (κ3) is 2.99. The summed E-state index contributed by atoms with van der Waals surface area (Å²) in [5, 5.41) is 13.1. The fourth-order valence-electron chi connectivity index (χ4n) is 3.13. The van der Waals surface area contributed by atoms with Crippen LogP contribution in [0.5, 0.6) is 0 Å². The minimum atomic E-state index is -0.300. The number of aromatic nitrogens is 6. The van der Waals surface area contributed by atoms with E-state index in [9.17, 15) is 4.39 Å². The van der Waals surface area contributed by atoms with Crippen LogP contribution in [0.2, 0.25) is 0 Å². The molecule has 1 aromatic carbocycles. The molecule has 0 fully saturated rings. The smallest absolute Gasteiger partial charge is 0.212 e. The van der Waals surface area contributed by atoms with Gasteiger partial charge >= 0.3 is 0 Å². The molecule has 0 aliphatic rings. The Kier molecular flexibility index (Phi) is 4.01. The number of anilines is 1. The van der Waals surface area contributed by atoms with Crippen molar-refractivity contribution in [1.82, 2.24) is 29.2 Å². The molecule has 5 rings (SSSR count). The van der Waals surface area contributed by atoms with Gasteiger partial charge in [-0.15, -0.1) is 0 Å². The predicted molar refractivity (Wildman–Crippen MR) is 106 cm³/mol. The van der Waals surface area contributed by atoms with E-state index in [-0.39, 0.29) is 5.82 Å². The zero-order chi connectivity index (χ0) is 19.1. The summed E-state index contributed by atoms with van der Waals surface area (Å²) in [5.41, 5.74) is 2.65. The molecule has 140 valence electrons. The largest absolute Gasteiger partial charge is 0.369 e. The molecule has 4 aromatic heterocycles. The van der Waals surface area contributed by atoms with Gasteiger partial charge in [0.25, 0.3) is 0 Å². The molecule has 0 amide bonds. The summed E-state index contributed by atoms with van der Waals surface area (Å²) in [4.78, 5) is 10.0. The molecule has 9 heteroatoms. The minimum Gasteiger partial charge on any atom is -0.369 e. The first kappa shape index (κ1) is 16.8. The summed E-state index contributed by atoms with van der Waals surface area (Å²) in [6.45, 7) is 2.62. The third-order valence-corrected chi connectivity index (χ3v) is 5.23. The van der Waals surface area contributed by atoms with Crippen molar-refractivity contribution in [2.45, 2.75) is 13.3 Å². The Morgan fingerprint density at radius 2 is 2.07 bits per heavy atom. The topological polar surface area (TPSA) is 72.4 Å². The summed E-state index contributed by atoms with van der Waals surface area (Å²) < 4.78 is 17.7. The molecular formula is C19H16FN7S. The van der Waals surface area contributed by atoms with Gasteiger partial charge in [-0.2, -0.15) is 14.7 Å². The van der Waals surface area contributed by atoms with Gasteiger partial charge in [0.15, 0.2) is 5.65 Å². The van der Waals surface area contributed by atoms with Crippen molar-refractivity contribution in [3.63, 3.8) is 0 Å². The van der Waals surface area contributed by atoms with Gasteiger partial charge in [-0.3, -0.25) is 0 Å². The van der Waals surface area contributed by atoms with E-state index in [0.717, 1.165) is 27.9 Å². The Labute approximate surface area is 163 Å². The van der Waals surface area contributed by atoms with E-state index in [0.29, 0.717) is 23.4 Å². The van der Waals surface area contributed by atoms with Crippen LogP contribution in [0.4, 0.5) is 10.2 Å². The van der Waals surface area contributed by atoms with Crippen molar-refractivity contribution in [2.24, 2.45) is 0 Å². The summed E-state index contributed by atoms with van der Waals surface area (Å²) >= 11 is 1.57. The Morgan fingerprint density at radius 1 is 1.18 bits per heavy atom. The molecule has 0 bridgehead atoms. The SMILES string of the molecule is Cc1nn2cc(CCNc3cc(-c4ccccc4F)nc4ccnn34)nc2s1. The van der Waals surface area contributed by atoms with E-state index < -0.39 is 0 Å². The molecule has 4 heterocycles. The Balaban J connectivity index is 1.40. The maximum absolute atomic E-state index is 14.2. The molecule has 0 aliphatic carbocycles. The van der Waals surface area contributed by atoms with Crippen molar-refractivity contribution in [2.75, 3.05) is 11.9 Å². The average Bonchev–Trinajstić information content (AvgIpc) is 3.36. The molecule has 0 unspecified atom stereocenters. The van der Waals surface area contributed by atoms with Crippen molar-refractivity contribution in [1.29, 1.82) is 0 Å². The highest BCUT2D eigenvalue weighted by atomic mass is 32.1. The zero-order valence-electron chi connectivity index (χ0n) is 15.0. The number of nitrogens with one attached hydrogen (secondary N) is 1. The number of rotatable bonds is 5. The fraction of sp³-hybridized carbons (Fsp3) is 0.158. The second-order valence-electron chi connectivity index (χ2n) is 6.36. The number of benzene rings is 1. The summed E-state index contributed by atoms with van der Waals surface area (Å²) in [6.07, 6.45) is 4.35. The third-order valence-electron chi connectivity index (χ3n) is 4.39. The fourth-order valence-corrected chi connectivity index (χ4v) is 3.87. The number of fused-ring (bicyclic) bond motifs is 2. The number of imidazole rings is 1. The van der Waals surface area contributed by atoms with Crippen LogP contribution in [-0.2, 0) is 6.42 Å². The second kappa shape index (κ2) is 6.68. The van der Waals surface area contributed by atoms with Crippen molar-refractivity contribution in [3.05, 3.63) is 65.3 Å². The molecule has 1 N–H and O–H groups in total. The Bertz CT molecular complexity index is 1250. The van der Waals surface area contributed by atoms with Gasteiger partial charge in [0.2, 0.25) is 4.96 Å². The van der Waals surface area contributed by atoms with Gasteiger partial charge < -0.3 is 5.32 Å². The lowest BCUT2D eigenvalue weighted by Crippen LogP contribution is -2.10. The Hall–Kier alpha value is -3.33. The van der Waals surface area contributed by atoms with Crippen molar-refractivity contribution < 1.29 is 4.39 Å². The first-order valence-corrected chi connectivity index (χ1v) is 9.64. The molecule has 0 aliphatic heterocycles. The van der Waals surface area contributed by atoms with Gasteiger partial charge in [0.1, 0.15) is 16.6 Å². The quantitative estimate of drug-likeness (QED) is 0.494. The minimum absolute atomic E-state index is 0.300. The molecule has 0 saturated heterocycles. The zero-order valence-corrected chi connectivity index (χ0v) is 15.8. The van der Waals surface area contributed by atoms with Gasteiger partial charge in [0, 0.05) is 30.7 Å². The summed E-state index contributed by atoms with van der Waals surface area (Å²) in [7, 11) is 0. The lowest BCUT2D eigenvalue weighted by atomic mass is 10.1. The van der Waals surface area contributed by atoms with E-state index >= 15 is 0 Å². The first-order chi connectivity index (χ1) is 13.7. The highest BCUT2D eigenvalue weighted by molar-refractivity contribution is 7.16. The lowest BCUT2D eigenvalue weighted by Gasteiger charge is -2.10. The van der Waals surface area contributed by atoms with Crippen LogP contribution >= 0.6 is 11.3 Å². The second-order valence-corrected chi connectivity index (χ2v) is 7.53. The molecule has 5 aromatic rings. The molecule has 0 spiro atoms. The monoisotopic (exact) mass is 393 g/mol. The normalized spacial score (nSPS) is 11.5. The van der Waals surface area contributed by atoms with Gasteiger partial charge in [0.05, 0.1) is 23.8 Å². The van der Waals surface area contributed by atoms with Crippen LogP contribution in [0, 0.1) is 12.7 Å². The van der Waals surface area contributed by atoms with Gasteiger partial charge in [-0.05, 0) is 19.1 Å². The van der Waals surface area contributed by atoms with E-state index in [4.69, 9.17) is 0 Å². The van der Waals surface area contributed by atoms with Crippen LogP contribution in [0.3, 0.4) is 0 Å². The lowest BCUT2D eigenvalue weighted by molar-refractivity contribution is 0.630. The van der Waals surface area contributed by atoms with E-state index in [1.54, 1.807) is 46.3 Å². The Morgan fingerprint density at radius 3 is 2.93 bits per heavy atom. The van der Waals surface area contributed by atoms with E-state index in [1.165, 1.54) is 6.07 Å². The average molecular weight is 393 g/mol. The number of hydrogen-bond acceptors (Lipinski definition) is 6. The van der Waals surface area contributed by atoms with E-state index in [2.05, 4.69) is 25.5 Å². The molecule has 28 heavy (non-hydrogen) atoms. The van der Waals surface area contributed by atoms with Crippen molar-refractivity contribution in [3.8, 4) is 11.3 Å². The highest BCUT2D eigenvalue weighted by Crippen LogP contribution is 2.24. The molecule has 0 radical (unpaired) electrons. The van der Waals surface area contributed by atoms with Crippen LogP contribution in [0.1, 0.15) is 10.7 Å². The predicted octanol–water partition coefficient (Wildman–Crippen LogP) is 3.60. The van der Waals surface area contributed by atoms with Crippen LogP contribution < -0.4 is 5.32 Å². The molecular weight excluding hydrogens is 377 g/mol. The van der Waals surface area contributed by atoms with Crippen LogP contribution in [-0.4, -0.2) is 35.7 Å². The van der Waals surface area contributed by atoms with Crippen molar-refractivity contribution >= 4 is 27.8 Å². The first-order valence-electron chi connectivity index (χ1n) is 8.82. The maximum atomic E-state index is 14.2. The number of nitrogens with zero attached hydrogens (tertiary/aromatic N) is 6. The maximum Gasteiger partial charge on any atom is 0.212 e. The van der Waals surface area contributed by atoms with Gasteiger partial charge in [-0.25, -0.2) is 18.9 Å². The van der Waals surface area contributed by atoms with Gasteiger partial charge in [-0.1, -0.05) is 23.5 Å². The molecule has 7 nitrogen and oxygen atoms in total. The summed E-state index contributed by atoms with van der Waals surface area (Å²) in [5.74, 6) is 0.453. The number of aryl methyl sites for hydroxylation is 1. The molecule has 0 saturated carbocycles. The highest BCUT2D eigenvalue weighted by Gasteiger charge is 2.12. The molecule has 0 atom stereocenters. The van der Waals surface area contributed by atoms with Crippen LogP contribution in [0.15, 0.2) is 48.8 Å².